The molecule has 0 aliphatic carbocycles. The van der Waals surface area contributed by atoms with Crippen LogP contribution in [-0.2, 0) is 27.2 Å². The SMILES string of the molecule is CCc1ccc(-c2nc(CC(=O)N3CCOCC3C(=O)O)cs2)cc1. The molecule has 1 aliphatic heterocycles. The number of amides is 1. The van der Waals surface area contributed by atoms with Gasteiger partial charge in [-0.3, -0.25) is 4.79 Å². The van der Waals surface area contributed by atoms with Crippen LogP contribution in [0.2, 0.25) is 0 Å². The molecule has 0 radical (unpaired) electrons. The van der Waals surface area contributed by atoms with Crippen LogP contribution in [0, 0.1) is 0 Å². The van der Waals surface area contributed by atoms with Crippen LogP contribution in [0.3, 0.4) is 0 Å². The summed E-state index contributed by atoms with van der Waals surface area (Å²) in [5.41, 5.74) is 2.96. The van der Waals surface area contributed by atoms with Crippen molar-refractivity contribution >= 4 is 23.2 Å². The normalized spacial score (nSPS) is 17.5. The van der Waals surface area contributed by atoms with Gasteiger partial charge in [0.25, 0.3) is 0 Å². The molecule has 1 aliphatic rings. The van der Waals surface area contributed by atoms with Crippen molar-refractivity contribution in [3.05, 3.63) is 40.9 Å². The number of thiazole rings is 1. The summed E-state index contributed by atoms with van der Waals surface area (Å²) >= 11 is 1.49. The highest BCUT2D eigenvalue weighted by molar-refractivity contribution is 7.13. The minimum absolute atomic E-state index is 0.0349. The van der Waals surface area contributed by atoms with Gasteiger partial charge in [0.1, 0.15) is 5.01 Å². The zero-order valence-electron chi connectivity index (χ0n) is 14.0. The van der Waals surface area contributed by atoms with E-state index in [0.717, 1.165) is 17.0 Å². The molecule has 3 rings (SSSR count). The molecule has 1 fully saturated rings. The molecule has 1 N–H and O–H groups in total. The van der Waals surface area contributed by atoms with Crippen molar-refractivity contribution in [3.63, 3.8) is 0 Å². The van der Waals surface area contributed by atoms with Crippen LogP contribution in [0.5, 0.6) is 0 Å². The van der Waals surface area contributed by atoms with Crippen molar-refractivity contribution < 1.29 is 19.4 Å². The summed E-state index contributed by atoms with van der Waals surface area (Å²) in [6.45, 7) is 2.80. The maximum atomic E-state index is 12.5. The number of carbonyl (C=O) groups is 2. The minimum Gasteiger partial charge on any atom is -0.480 e. The van der Waals surface area contributed by atoms with Gasteiger partial charge in [-0.05, 0) is 12.0 Å². The van der Waals surface area contributed by atoms with Crippen molar-refractivity contribution in [1.29, 1.82) is 0 Å². The minimum atomic E-state index is -1.04. The number of nitrogens with zero attached hydrogens (tertiary/aromatic N) is 2. The third-order valence-electron chi connectivity index (χ3n) is 4.23. The van der Waals surface area contributed by atoms with Crippen molar-refractivity contribution in [2.45, 2.75) is 25.8 Å². The molecule has 6 nitrogen and oxygen atoms in total. The van der Waals surface area contributed by atoms with Gasteiger partial charge in [-0.2, -0.15) is 0 Å². The standard InChI is InChI=1S/C18H20N2O4S/c1-2-12-3-5-13(6-4-12)17-19-14(11-25-17)9-16(21)20-7-8-24-10-15(20)18(22)23/h3-6,11,15H,2,7-10H2,1H3,(H,22,23). The molecule has 1 atom stereocenters. The van der Waals surface area contributed by atoms with E-state index in [1.165, 1.54) is 21.8 Å². The van der Waals surface area contributed by atoms with Crippen LogP contribution in [0.4, 0.5) is 0 Å². The van der Waals surface area contributed by atoms with E-state index < -0.39 is 12.0 Å². The Hall–Kier alpha value is -2.25. The summed E-state index contributed by atoms with van der Waals surface area (Å²) in [5, 5.41) is 12.0. The molecule has 25 heavy (non-hydrogen) atoms. The highest BCUT2D eigenvalue weighted by Crippen LogP contribution is 2.25. The first-order chi connectivity index (χ1) is 12.1. The lowest BCUT2D eigenvalue weighted by Crippen LogP contribution is -2.53. The lowest BCUT2D eigenvalue weighted by molar-refractivity contribution is -0.158. The average molecular weight is 360 g/mol. The van der Waals surface area contributed by atoms with Crippen molar-refractivity contribution in [2.24, 2.45) is 0 Å². The van der Waals surface area contributed by atoms with Crippen LogP contribution in [0.15, 0.2) is 29.6 Å². The van der Waals surface area contributed by atoms with E-state index >= 15 is 0 Å². The molecule has 1 amide bonds. The first-order valence-corrected chi connectivity index (χ1v) is 9.10. The molecule has 1 unspecified atom stereocenters. The van der Waals surface area contributed by atoms with Gasteiger partial charge in [0.2, 0.25) is 5.91 Å². The number of benzene rings is 1. The van der Waals surface area contributed by atoms with Crippen LogP contribution < -0.4 is 0 Å². The van der Waals surface area contributed by atoms with Gasteiger partial charge in [-0.1, -0.05) is 31.2 Å². The van der Waals surface area contributed by atoms with Gasteiger partial charge in [-0.25, -0.2) is 9.78 Å². The third kappa shape index (κ3) is 4.05. The first-order valence-electron chi connectivity index (χ1n) is 8.22. The van der Waals surface area contributed by atoms with Crippen LogP contribution >= 0.6 is 11.3 Å². The van der Waals surface area contributed by atoms with E-state index in [9.17, 15) is 14.7 Å². The summed E-state index contributed by atoms with van der Waals surface area (Å²) in [6, 6.07) is 7.30. The predicted molar refractivity (Wildman–Crippen MR) is 94.6 cm³/mol. The number of morpholine rings is 1. The molecule has 1 aromatic heterocycles. The first kappa shape index (κ1) is 17.6. The molecular formula is C18H20N2O4S. The maximum Gasteiger partial charge on any atom is 0.328 e. The summed E-state index contributed by atoms with van der Waals surface area (Å²) < 4.78 is 5.17. The quantitative estimate of drug-likeness (QED) is 0.884. The number of carboxylic acid groups (broad SMARTS) is 1. The molecule has 0 spiro atoms. The zero-order valence-corrected chi connectivity index (χ0v) is 14.8. The Kier molecular flexibility index (Phi) is 5.45. The second-order valence-corrected chi connectivity index (χ2v) is 6.75. The molecular weight excluding hydrogens is 340 g/mol. The van der Waals surface area contributed by atoms with Gasteiger partial charge in [0.15, 0.2) is 6.04 Å². The summed E-state index contributed by atoms with van der Waals surface area (Å²) in [4.78, 5) is 29.7. The molecule has 132 valence electrons. The van der Waals surface area contributed by atoms with Crippen molar-refractivity contribution in [2.75, 3.05) is 19.8 Å². The van der Waals surface area contributed by atoms with Gasteiger partial charge in [-0.15, -0.1) is 11.3 Å². The number of carbonyl (C=O) groups excluding carboxylic acids is 1. The molecule has 7 heteroatoms. The average Bonchev–Trinajstić information content (AvgIpc) is 3.10. The van der Waals surface area contributed by atoms with E-state index in [0.29, 0.717) is 18.8 Å². The summed E-state index contributed by atoms with van der Waals surface area (Å²) in [5.74, 6) is -1.27. The third-order valence-corrected chi connectivity index (χ3v) is 5.17. The van der Waals surface area contributed by atoms with E-state index in [1.807, 2.05) is 17.5 Å². The predicted octanol–water partition coefficient (Wildman–Crippen LogP) is 2.23. The van der Waals surface area contributed by atoms with Gasteiger partial charge < -0.3 is 14.7 Å². The summed E-state index contributed by atoms with van der Waals surface area (Å²) in [7, 11) is 0. The number of rotatable bonds is 5. The van der Waals surface area contributed by atoms with Crippen LogP contribution in [0.25, 0.3) is 10.6 Å². The Morgan fingerprint density at radius 1 is 1.36 bits per heavy atom. The lowest BCUT2D eigenvalue weighted by Gasteiger charge is -2.32. The Morgan fingerprint density at radius 2 is 2.12 bits per heavy atom. The van der Waals surface area contributed by atoms with E-state index in [-0.39, 0.29) is 18.9 Å². The second kappa shape index (κ2) is 7.76. The Morgan fingerprint density at radius 3 is 2.80 bits per heavy atom. The molecule has 1 aromatic carbocycles. The lowest BCUT2D eigenvalue weighted by atomic mass is 10.1. The number of aliphatic carboxylic acids is 1. The molecule has 0 saturated carbocycles. The Labute approximate surface area is 150 Å². The van der Waals surface area contributed by atoms with Gasteiger partial charge >= 0.3 is 5.97 Å². The highest BCUT2D eigenvalue weighted by atomic mass is 32.1. The van der Waals surface area contributed by atoms with Crippen LogP contribution in [0.1, 0.15) is 18.2 Å². The van der Waals surface area contributed by atoms with Crippen molar-refractivity contribution in [3.8, 4) is 10.6 Å². The van der Waals surface area contributed by atoms with E-state index in [1.54, 1.807) is 0 Å². The van der Waals surface area contributed by atoms with Crippen molar-refractivity contribution in [1.82, 2.24) is 9.88 Å². The number of carboxylic acids is 1. The van der Waals surface area contributed by atoms with Gasteiger partial charge in [0, 0.05) is 17.5 Å². The fourth-order valence-electron chi connectivity index (χ4n) is 2.77. The molecule has 0 bridgehead atoms. The fourth-order valence-corrected chi connectivity index (χ4v) is 3.59. The topological polar surface area (TPSA) is 79.7 Å². The molecule has 2 heterocycles. The molecule has 1 saturated heterocycles. The Bertz CT molecular complexity index is 757. The number of aromatic nitrogens is 1. The summed E-state index contributed by atoms with van der Waals surface area (Å²) in [6.07, 6.45) is 1.09. The zero-order chi connectivity index (χ0) is 17.8. The monoisotopic (exact) mass is 360 g/mol. The number of hydrogen-bond acceptors (Lipinski definition) is 5. The Balaban J connectivity index is 1.69. The number of aryl methyl sites for hydroxylation is 1. The fraction of sp³-hybridized carbons (Fsp3) is 0.389. The van der Waals surface area contributed by atoms with E-state index in [2.05, 4.69) is 24.0 Å². The maximum absolute atomic E-state index is 12.5. The van der Waals surface area contributed by atoms with E-state index in [4.69, 9.17) is 4.74 Å². The number of ether oxygens (including phenoxy) is 1. The number of hydrogen-bond donors (Lipinski definition) is 1. The smallest absolute Gasteiger partial charge is 0.328 e. The molecule has 2 aromatic rings. The van der Waals surface area contributed by atoms with Gasteiger partial charge in [0.05, 0.1) is 25.3 Å². The van der Waals surface area contributed by atoms with Crippen LogP contribution in [-0.4, -0.2) is 52.7 Å². The largest absolute Gasteiger partial charge is 0.480 e. The highest BCUT2D eigenvalue weighted by Gasteiger charge is 2.32. The second-order valence-electron chi connectivity index (χ2n) is 5.89.